The molecule has 0 saturated carbocycles. The first kappa shape index (κ1) is 14.8. The van der Waals surface area contributed by atoms with Crippen LogP contribution in [0.25, 0.3) is 0 Å². The lowest BCUT2D eigenvalue weighted by Gasteiger charge is -2.49. The van der Waals surface area contributed by atoms with Crippen LogP contribution in [-0.4, -0.2) is 60.6 Å². The zero-order valence-electron chi connectivity index (χ0n) is 13.6. The minimum Gasteiger partial charge on any atom is -0.317 e. The third-order valence-corrected chi connectivity index (χ3v) is 6.05. The molecular formula is C17H33N3. The summed E-state index contributed by atoms with van der Waals surface area (Å²) < 4.78 is 0. The third kappa shape index (κ3) is 3.05. The molecule has 0 radical (unpaired) electrons. The van der Waals surface area contributed by atoms with Crippen molar-refractivity contribution in [1.29, 1.82) is 0 Å². The van der Waals surface area contributed by atoms with Crippen LogP contribution in [0, 0.1) is 5.92 Å². The summed E-state index contributed by atoms with van der Waals surface area (Å²) in [6.45, 7) is 8.72. The van der Waals surface area contributed by atoms with E-state index in [0.29, 0.717) is 0 Å². The van der Waals surface area contributed by atoms with Crippen molar-refractivity contribution in [3.63, 3.8) is 0 Å². The van der Waals surface area contributed by atoms with E-state index >= 15 is 0 Å². The van der Waals surface area contributed by atoms with Crippen molar-refractivity contribution in [1.82, 2.24) is 15.1 Å². The van der Waals surface area contributed by atoms with Crippen molar-refractivity contribution >= 4 is 0 Å². The van der Waals surface area contributed by atoms with Crippen LogP contribution in [0.15, 0.2) is 0 Å². The molecule has 3 atom stereocenters. The zero-order chi connectivity index (χ0) is 14.1. The van der Waals surface area contributed by atoms with Gasteiger partial charge in [0.2, 0.25) is 0 Å². The van der Waals surface area contributed by atoms with E-state index in [4.69, 9.17) is 0 Å². The first-order valence-electron chi connectivity index (χ1n) is 8.84. The lowest BCUT2D eigenvalue weighted by molar-refractivity contribution is 0.0141. The van der Waals surface area contributed by atoms with Crippen molar-refractivity contribution in [2.75, 3.05) is 26.7 Å². The van der Waals surface area contributed by atoms with Gasteiger partial charge in [0.1, 0.15) is 0 Å². The maximum Gasteiger partial charge on any atom is 0.0113 e. The molecule has 0 aliphatic carbocycles. The lowest BCUT2D eigenvalue weighted by atomic mass is 9.81. The van der Waals surface area contributed by atoms with Crippen molar-refractivity contribution < 1.29 is 0 Å². The van der Waals surface area contributed by atoms with E-state index in [9.17, 15) is 0 Å². The molecule has 0 amide bonds. The Bertz CT molecular complexity index is 303. The zero-order valence-corrected chi connectivity index (χ0v) is 13.6. The van der Waals surface area contributed by atoms with E-state index in [1.165, 1.54) is 58.2 Å². The fourth-order valence-corrected chi connectivity index (χ4v) is 4.79. The minimum absolute atomic E-state index is 0.731. The molecule has 3 saturated heterocycles. The molecule has 3 nitrogen and oxygen atoms in total. The van der Waals surface area contributed by atoms with Crippen LogP contribution >= 0.6 is 0 Å². The number of piperidine rings is 2. The molecule has 0 aromatic carbocycles. The third-order valence-electron chi connectivity index (χ3n) is 6.05. The van der Waals surface area contributed by atoms with Crippen LogP contribution in [0.1, 0.15) is 52.4 Å². The van der Waals surface area contributed by atoms with E-state index < -0.39 is 0 Å². The Morgan fingerprint density at radius 1 is 1.10 bits per heavy atom. The highest BCUT2D eigenvalue weighted by molar-refractivity contribution is 4.96. The standard InChI is InChI=1S/C17H33N3/c1-13(2)19-8-7-14(11-19)12-20-16-5-4-6-17(20)10-15(9-16)18-3/h13-18H,4-12H2,1-3H3. The van der Waals surface area contributed by atoms with Gasteiger partial charge < -0.3 is 10.2 Å². The van der Waals surface area contributed by atoms with Gasteiger partial charge >= 0.3 is 0 Å². The molecule has 0 aromatic heterocycles. The molecule has 1 N–H and O–H groups in total. The number of hydrogen-bond donors (Lipinski definition) is 1. The van der Waals surface area contributed by atoms with Crippen LogP contribution in [0.3, 0.4) is 0 Å². The molecular weight excluding hydrogens is 246 g/mol. The predicted molar refractivity (Wildman–Crippen MR) is 85.0 cm³/mol. The molecule has 116 valence electrons. The average Bonchev–Trinajstić information content (AvgIpc) is 2.87. The van der Waals surface area contributed by atoms with Crippen LogP contribution in [0.4, 0.5) is 0 Å². The Kier molecular flexibility index (Phi) is 4.68. The summed E-state index contributed by atoms with van der Waals surface area (Å²) in [5.74, 6) is 0.923. The van der Waals surface area contributed by atoms with Crippen molar-refractivity contribution in [2.24, 2.45) is 5.92 Å². The number of rotatable bonds is 4. The second kappa shape index (κ2) is 6.33. The van der Waals surface area contributed by atoms with Gasteiger partial charge in [0.25, 0.3) is 0 Å². The minimum atomic E-state index is 0.731. The summed E-state index contributed by atoms with van der Waals surface area (Å²) in [5, 5.41) is 3.53. The number of hydrogen-bond acceptors (Lipinski definition) is 3. The van der Waals surface area contributed by atoms with Crippen molar-refractivity contribution in [2.45, 2.75) is 76.5 Å². The summed E-state index contributed by atoms with van der Waals surface area (Å²) in [5.41, 5.74) is 0. The summed E-state index contributed by atoms with van der Waals surface area (Å²) in [6.07, 6.45) is 8.53. The number of likely N-dealkylation sites (tertiary alicyclic amines) is 1. The van der Waals surface area contributed by atoms with Gasteiger partial charge in [0.05, 0.1) is 0 Å². The fraction of sp³-hybridized carbons (Fsp3) is 1.00. The molecule has 3 aliphatic rings. The van der Waals surface area contributed by atoms with E-state index in [1.54, 1.807) is 0 Å². The van der Waals surface area contributed by atoms with Crippen LogP contribution in [-0.2, 0) is 0 Å². The topological polar surface area (TPSA) is 18.5 Å². The van der Waals surface area contributed by atoms with E-state index in [2.05, 4.69) is 36.0 Å². The van der Waals surface area contributed by atoms with Gasteiger partial charge in [-0.3, -0.25) is 4.90 Å². The molecule has 3 unspecified atom stereocenters. The molecule has 20 heavy (non-hydrogen) atoms. The van der Waals surface area contributed by atoms with Gasteiger partial charge in [-0.25, -0.2) is 0 Å². The van der Waals surface area contributed by atoms with Gasteiger partial charge in [-0.15, -0.1) is 0 Å². The number of nitrogens with one attached hydrogen (secondary N) is 1. The highest BCUT2D eigenvalue weighted by Crippen LogP contribution is 2.35. The van der Waals surface area contributed by atoms with Gasteiger partial charge in [0.15, 0.2) is 0 Å². The van der Waals surface area contributed by atoms with E-state index in [0.717, 1.165) is 30.1 Å². The van der Waals surface area contributed by atoms with Crippen molar-refractivity contribution in [3.05, 3.63) is 0 Å². The first-order valence-corrected chi connectivity index (χ1v) is 8.84. The smallest absolute Gasteiger partial charge is 0.0113 e. The molecule has 3 heteroatoms. The fourth-order valence-electron chi connectivity index (χ4n) is 4.79. The maximum absolute atomic E-state index is 3.53. The second-order valence-electron chi connectivity index (χ2n) is 7.64. The van der Waals surface area contributed by atoms with Crippen LogP contribution in [0.2, 0.25) is 0 Å². The molecule has 3 aliphatic heterocycles. The summed E-state index contributed by atoms with van der Waals surface area (Å²) in [7, 11) is 2.15. The van der Waals surface area contributed by atoms with Crippen LogP contribution in [0.5, 0.6) is 0 Å². The summed E-state index contributed by atoms with van der Waals surface area (Å²) >= 11 is 0. The van der Waals surface area contributed by atoms with E-state index in [-0.39, 0.29) is 0 Å². The lowest BCUT2D eigenvalue weighted by Crippen LogP contribution is -2.57. The molecule has 3 fully saturated rings. The Morgan fingerprint density at radius 3 is 2.35 bits per heavy atom. The molecule has 2 bridgehead atoms. The van der Waals surface area contributed by atoms with Gasteiger partial charge in [0, 0.05) is 37.3 Å². The Morgan fingerprint density at radius 2 is 1.80 bits per heavy atom. The summed E-state index contributed by atoms with van der Waals surface area (Å²) in [4.78, 5) is 5.58. The van der Waals surface area contributed by atoms with Crippen LogP contribution < -0.4 is 5.32 Å². The number of fused-ring (bicyclic) bond motifs is 2. The SMILES string of the molecule is CNC1CC2CCCC(C1)N2CC1CCN(C(C)C)C1. The second-order valence-corrected chi connectivity index (χ2v) is 7.64. The van der Waals surface area contributed by atoms with E-state index in [1.807, 2.05) is 0 Å². The monoisotopic (exact) mass is 279 g/mol. The normalized spacial score (nSPS) is 39.6. The Hall–Kier alpha value is -0.120. The highest BCUT2D eigenvalue weighted by Gasteiger charge is 2.39. The van der Waals surface area contributed by atoms with Crippen molar-refractivity contribution in [3.8, 4) is 0 Å². The Balaban J connectivity index is 1.57. The largest absolute Gasteiger partial charge is 0.317 e. The van der Waals surface area contributed by atoms with Gasteiger partial charge in [-0.1, -0.05) is 6.42 Å². The van der Waals surface area contributed by atoms with Gasteiger partial charge in [-0.05, 0) is 65.5 Å². The quantitative estimate of drug-likeness (QED) is 0.852. The van der Waals surface area contributed by atoms with Gasteiger partial charge in [-0.2, -0.15) is 0 Å². The molecule has 0 spiro atoms. The maximum atomic E-state index is 3.53. The molecule has 3 heterocycles. The number of nitrogens with zero attached hydrogens (tertiary/aromatic N) is 2. The summed E-state index contributed by atoms with van der Waals surface area (Å²) in [6, 6.07) is 3.24. The Labute approximate surface area is 125 Å². The highest BCUT2D eigenvalue weighted by atomic mass is 15.2. The average molecular weight is 279 g/mol. The molecule has 3 rings (SSSR count). The first-order chi connectivity index (χ1) is 9.67. The molecule has 0 aromatic rings. The predicted octanol–water partition coefficient (Wildman–Crippen LogP) is 2.32.